The van der Waals surface area contributed by atoms with Crippen molar-refractivity contribution in [1.82, 2.24) is 15.3 Å². The number of rotatable bonds is 10. The summed E-state index contributed by atoms with van der Waals surface area (Å²) >= 11 is 0. The van der Waals surface area contributed by atoms with Gasteiger partial charge in [0.1, 0.15) is 5.82 Å². The van der Waals surface area contributed by atoms with Crippen LogP contribution >= 0.6 is 0 Å². The van der Waals surface area contributed by atoms with Crippen molar-refractivity contribution in [2.75, 3.05) is 51.2 Å². The van der Waals surface area contributed by atoms with Crippen LogP contribution in [-0.2, 0) is 16.0 Å². The topological polar surface area (TPSA) is 135 Å². The van der Waals surface area contributed by atoms with Gasteiger partial charge < -0.3 is 34.9 Å². The van der Waals surface area contributed by atoms with Gasteiger partial charge in [0.05, 0.1) is 27.2 Å². The van der Waals surface area contributed by atoms with Crippen molar-refractivity contribution in [3.05, 3.63) is 60.3 Å². The van der Waals surface area contributed by atoms with Crippen LogP contribution in [0.25, 0.3) is 0 Å². The third-order valence-corrected chi connectivity index (χ3v) is 6.48. The number of alkyl halides is 3. The van der Waals surface area contributed by atoms with E-state index < -0.39 is 12.1 Å². The van der Waals surface area contributed by atoms with E-state index in [0.29, 0.717) is 42.0 Å². The van der Waals surface area contributed by atoms with Gasteiger partial charge in [0.15, 0.2) is 11.5 Å². The van der Waals surface area contributed by atoms with E-state index in [4.69, 9.17) is 29.1 Å². The molecule has 2 aromatic carbocycles. The Morgan fingerprint density at radius 1 is 1.05 bits per heavy atom. The fourth-order valence-corrected chi connectivity index (χ4v) is 4.39. The number of piperidine rings is 1. The second kappa shape index (κ2) is 15.5. The maximum Gasteiger partial charge on any atom is 0.490 e. The van der Waals surface area contributed by atoms with Gasteiger partial charge in [-0.05, 0) is 30.9 Å². The molecule has 43 heavy (non-hydrogen) atoms. The number of carbonyl (C=O) groups excluding carboxylic acids is 1. The number of nitrogens with one attached hydrogen (secondary N) is 2. The number of ether oxygens (including phenoxy) is 3. The number of carbonyl (C=O) groups is 2. The average Bonchev–Trinajstić information content (AvgIpc) is 3.01. The zero-order valence-electron chi connectivity index (χ0n) is 24.0. The Morgan fingerprint density at radius 2 is 1.70 bits per heavy atom. The summed E-state index contributed by atoms with van der Waals surface area (Å²) in [5, 5.41) is 13.4. The first-order valence-electron chi connectivity index (χ1n) is 13.3. The molecule has 1 aromatic heterocycles. The van der Waals surface area contributed by atoms with E-state index in [9.17, 15) is 18.0 Å². The molecule has 1 fully saturated rings. The number of hydrogen-bond donors (Lipinski definition) is 3. The molecule has 0 unspecified atom stereocenters. The zero-order chi connectivity index (χ0) is 31.4. The van der Waals surface area contributed by atoms with Gasteiger partial charge in [-0.25, -0.2) is 9.78 Å². The van der Waals surface area contributed by atoms with Crippen molar-refractivity contribution in [2.45, 2.75) is 25.4 Å². The molecule has 1 atom stereocenters. The molecule has 3 aromatic rings. The van der Waals surface area contributed by atoms with Crippen LogP contribution in [0.3, 0.4) is 0 Å². The monoisotopic (exact) mass is 605 g/mol. The Hall–Kier alpha value is -4.75. The summed E-state index contributed by atoms with van der Waals surface area (Å²) in [5.41, 5.74) is 1.92. The quantitative estimate of drug-likeness (QED) is 0.304. The number of methoxy groups -OCH3 is 3. The lowest BCUT2D eigenvalue weighted by Gasteiger charge is -2.33. The number of carboxylic acids is 1. The van der Waals surface area contributed by atoms with Crippen LogP contribution in [0.1, 0.15) is 18.4 Å². The lowest BCUT2D eigenvalue weighted by molar-refractivity contribution is -0.192. The maximum absolute atomic E-state index is 12.8. The van der Waals surface area contributed by atoms with E-state index in [1.807, 2.05) is 24.3 Å². The third-order valence-electron chi connectivity index (χ3n) is 6.48. The van der Waals surface area contributed by atoms with Gasteiger partial charge in [-0.3, -0.25) is 4.79 Å². The molecule has 232 valence electrons. The Morgan fingerprint density at radius 3 is 2.28 bits per heavy atom. The van der Waals surface area contributed by atoms with Gasteiger partial charge in [-0.2, -0.15) is 18.2 Å². The number of nitrogens with zero attached hydrogens (tertiary/aromatic N) is 3. The second-order valence-electron chi connectivity index (χ2n) is 9.39. The highest BCUT2D eigenvalue weighted by atomic mass is 19.4. The Labute approximate surface area is 247 Å². The minimum Gasteiger partial charge on any atom is -0.493 e. The van der Waals surface area contributed by atoms with E-state index in [2.05, 4.69) is 32.7 Å². The van der Waals surface area contributed by atoms with Crippen molar-refractivity contribution in [3.8, 4) is 17.2 Å². The van der Waals surface area contributed by atoms with E-state index >= 15 is 0 Å². The molecule has 2 heterocycles. The van der Waals surface area contributed by atoms with Crippen LogP contribution in [0.15, 0.2) is 54.7 Å². The summed E-state index contributed by atoms with van der Waals surface area (Å²) in [7, 11) is 4.71. The Balaban J connectivity index is 0.000000646. The summed E-state index contributed by atoms with van der Waals surface area (Å²) in [6.07, 6.45) is -0.747. The van der Waals surface area contributed by atoms with Crippen molar-refractivity contribution >= 4 is 29.3 Å². The Bertz CT molecular complexity index is 1330. The van der Waals surface area contributed by atoms with Crippen LogP contribution < -0.4 is 29.7 Å². The number of hydrogen-bond acceptors (Lipinski definition) is 9. The first kappa shape index (κ1) is 32.8. The molecule has 0 saturated carbocycles. The molecule has 1 aliphatic heterocycles. The molecule has 4 rings (SSSR count). The fourth-order valence-electron chi connectivity index (χ4n) is 4.39. The molecule has 0 aliphatic carbocycles. The highest BCUT2D eigenvalue weighted by molar-refractivity contribution is 5.79. The number of carboxylic acid groups (broad SMARTS) is 1. The minimum absolute atomic E-state index is 0.0731. The molecule has 0 radical (unpaired) electrons. The van der Waals surface area contributed by atoms with E-state index in [1.165, 1.54) is 5.56 Å². The summed E-state index contributed by atoms with van der Waals surface area (Å²) in [4.78, 5) is 32.9. The van der Waals surface area contributed by atoms with Crippen LogP contribution in [0, 0.1) is 5.92 Å². The molecule has 1 amide bonds. The molecule has 1 aliphatic rings. The molecule has 1 saturated heterocycles. The standard InChI is InChI=1S/C27H33N5O4.C2HF3O2/c1-34-22-16-21(17-23(35-2)25(22)36-3)30-27-29-14-12-24(31-27)32-15-7-10-20(18-32)26(33)28-13-11-19-8-5-4-6-9-19;3-2(4,5)1(6)7/h4-6,8-9,12,14,16-17,20H,7,10-11,13,15,18H2,1-3H3,(H,28,33)(H,29,30,31);(H,6,7)/t20-;/m0./s1. The number of aliphatic carboxylic acids is 1. The zero-order valence-corrected chi connectivity index (χ0v) is 24.0. The van der Waals surface area contributed by atoms with Gasteiger partial charge in [0.25, 0.3) is 0 Å². The molecule has 14 heteroatoms. The van der Waals surface area contributed by atoms with Crippen LogP contribution in [-0.4, -0.2) is 74.1 Å². The summed E-state index contributed by atoms with van der Waals surface area (Å²) in [6.45, 7) is 2.10. The number of halogens is 3. The van der Waals surface area contributed by atoms with E-state index in [-0.39, 0.29) is 11.8 Å². The summed E-state index contributed by atoms with van der Waals surface area (Å²) < 4.78 is 48.0. The SMILES string of the molecule is COc1cc(Nc2nccc(N3CCC[C@H](C(=O)NCCc4ccccc4)C3)n2)cc(OC)c1OC.O=C(O)C(F)(F)F. The highest BCUT2D eigenvalue weighted by Gasteiger charge is 2.38. The van der Waals surface area contributed by atoms with Crippen LogP contribution in [0.5, 0.6) is 17.2 Å². The lowest BCUT2D eigenvalue weighted by atomic mass is 9.97. The normalized spacial score (nSPS) is 14.6. The van der Waals surface area contributed by atoms with Crippen LogP contribution in [0.2, 0.25) is 0 Å². The fraction of sp³-hybridized carbons (Fsp3) is 0.379. The van der Waals surface area contributed by atoms with Crippen molar-refractivity contribution in [2.24, 2.45) is 5.92 Å². The second-order valence-corrected chi connectivity index (χ2v) is 9.39. The maximum atomic E-state index is 12.8. The predicted octanol–water partition coefficient (Wildman–Crippen LogP) is 4.45. The average molecular weight is 606 g/mol. The number of aromatic nitrogens is 2. The molecule has 3 N–H and O–H groups in total. The lowest BCUT2D eigenvalue weighted by Crippen LogP contribution is -2.43. The van der Waals surface area contributed by atoms with Crippen LogP contribution in [0.4, 0.5) is 30.6 Å². The van der Waals surface area contributed by atoms with E-state index in [1.54, 1.807) is 39.7 Å². The molecule has 0 spiro atoms. The van der Waals surface area contributed by atoms with Gasteiger partial charge in [-0.15, -0.1) is 0 Å². The molecule has 11 nitrogen and oxygen atoms in total. The molecule has 0 bridgehead atoms. The number of benzene rings is 2. The first-order valence-corrected chi connectivity index (χ1v) is 13.3. The first-order chi connectivity index (χ1) is 20.5. The Kier molecular flexibility index (Phi) is 11.8. The van der Waals surface area contributed by atoms with Gasteiger partial charge in [0, 0.05) is 43.7 Å². The van der Waals surface area contributed by atoms with E-state index in [0.717, 1.165) is 31.6 Å². The van der Waals surface area contributed by atoms with Gasteiger partial charge in [-0.1, -0.05) is 30.3 Å². The third kappa shape index (κ3) is 9.65. The molecular formula is C29H34F3N5O6. The molecular weight excluding hydrogens is 571 g/mol. The largest absolute Gasteiger partial charge is 0.493 e. The number of amides is 1. The van der Waals surface area contributed by atoms with Crippen molar-refractivity contribution in [3.63, 3.8) is 0 Å². The summed E-state index contributed by atoms with van der Waals surface area (Å²) in [6, 6.07) is 15.7. The summed E-state index contributed by atoms with van der Waals surface area (Å²) in [5.74, 6) is 0.0730. The highest BCUT2D eigenvalue weighted by Crippen LogP contribution is 2.40. The number of anilines is 3. The minimum atomic E-state index is -5.08. The van der Waals surface area contributed by atoms with Gasteiger partial charge >= 0.3 is 12.1 Å². The van der Waals surface area contributed by atoms with Crippen molar-refractivity contribution in [1.29, 1.82) is 0 Å². The van der Waals surface area contributed by atoms with Gasteiger partial charge in [0.2, 0.25) is 17.6 Å². The smallest absolute Gasteiger partial charge is 0.490 e. The van der Waals surface area contributed by atoms with Crippen molar-refractivity contribution < 1.29 is 42.1 Å². The predicted molar refractivity (Wildman–Crippen MR) is 153 cm³/mol.